The Labute approximate surface area is 313 Å². The number of methoxy groups -OCH3 is 2. The highest BCUT2D eigenvalue weighted by molar-refractivity contribution is 7.99. The van der Waals surface area contributed by atoms with Crippen LogP contribution < -0.4 is 23.7 Å². The molecule has 54 heavy (non-hydrogen) atoms. The van der Waals surface area contributed by atoms with Crippen LogP contribution in [-0.4, -0.2) is 106 Å². The summed E-state index contributed by atoms with van der Waals surface area (Å²) in [6, 6.07) is 1.00. The van der Waals surface area contributed by atoms with Gasteiger partial charge in [-0.05, 0) is 45.4 Å². The summed E-state index contributed by atoms with van der Waals surface area (Å²) in [5.74, 6) is -1.56. The van der Waals surface area contributed by atoms with E-state index in [1.165, 1.54) is 28.1 Å². The van der Waals surface area contributed by atoms with Gasteiger partial charge in [0.25, 0.3) is 6.47 Å². The molecule has 7 atom stereocenters. The third-order valence-corrected chi connectivity index (χ3v) is 11.8. The third kappa shape index (κ3) is 6.65. The lowest BCUT2D eigenvalue weighted by molar-refractivity contribution is -0.203. The molecule has 2 aromatic carbocycles. The van der Waals surface area contributed by atoms with Crippen LogP contribution in [0.1, 0.15) is 64.6 Å². The number of hydrogen-bond donors (Lipinski definition) is 0. The molecule has 1 saturated heterocycles. The number of likely N-dealkylation sites (N-methyl/N-ethyl adjacent to an activating group) is 1. The molecule has 292 valence electrons. The summed E-state index contributed by atoms with van der Waals surface area (Å²) in [5.41, 5.74) is 3.69. The number of aryl methyl sites for hydroxylation is 1. The number of carbonyl (C=O) groups excluding carboxylic acids is 3. The Morgan fingerprint density at radius 3 is 2.48 bits per heavy atom. The first kappa shape index (κ1) is 39.3. The highest BCUT2D eigenvalue weighted by Crippen LogP contribution is 2.64. The fraction of sp³-hybridized carbons (Fsp3) is 0.556. The highest BCUT2D eigenvalue weighted by Gasteiger charge is 2.60. The van der Waals surface area contributed by atoms with Gasteiger partial charge < -0.3 is 37.9 Å². The van der Waals surface area contributed by atoms with Crippen LogP contribution in [0.15, 0.2) is 6.07 Å². The van der Waals surface area contributed by atoms with Gasteiger partial charge in [0.15, 0.2) is 29.8 Å². The van der Waals surface area contributed by atoms with Crippen molar-refractivity contribution in [1.29, 1.82) is 5.26 Å². The number of nitriles is 1. The van der Waals surface area contributed by atoms with E-state index in [0.29, 0.717) is 52.6 Å². The topological polar surface area (TPSA) is 155 Å². The average molecular weight is 780 g/mol. The lowest BCUT2D eigenvalue weighted by atomic mass is 9.71. The standard InChI is InChI=1S/C36H40F3N3O11S/c1-16-8-20-9-21-22(10-40)42-23(11-48-13-43)25-26(30(53-19(4)44)18(3)31-33(25)51-15-50-31)34(54-12-17(2)52-35(45)36(37,38)39)28(42)27(41(21)5)24(20)32(29(16)47-7)49-14-46-6/h8,13,17,21-23,27-28,34H,9,11-12,14-15H2,1-7H3/t17-,21+,22+,23+,27+,28?,34-/m1/s1. The molecule has 4 aliphatic heterocycles. The van der Waals surface area contributed by atoms with Gasteiger partial charge >= 0.3 is 18.1 Å². The van der Waals surface area contributed by atoms with Gasteiger partial charge in [0.1, 0.15) is 24.5 Å². The largest absolute Gasteiger partial charge is 0.493 e. The van der Waals surface area contributed by atoms with Crippen LogP contribution in [0.2, 0.25) is 0 Å². The molecule has 4 aliphatic rings. The Balaban J connectivity index is 1.66. The van der Waals surface area contributed by atoms with E-state index in [0.717, 1.165) is 28.5 Å². The molecule has 0 N–H and O–H groups in total. The number of fused-ring (bicyclic) bond motifs is 9. The van der Waals surface area contributed by atoms with E-state index in [1.54, 1.807) is 6.92 Å². The Hall–Kier alpha value is -4.44. The molecular weight excluding hydrogens is 739 g/mol. The minimum Gasteiger partial charge on any atom is -0.493 e. The quantitative estimate of drug-likeness (QED) is 0.127. The summed E-state index contributed by atoms with van der Waals surface area (Å²) in [6.45, 7) is 5.88. The highest BCUT2D eigenvalue weighted by atomic mass is 32.2. The maximum Gasteiger partial charge on any atom is 0.490 e. The number of ether oxygens (including phenoxy) is 8. The van der Waals surface area contributed by atoms with Crippen LogP contribution in [0.5, 0.6) is 28.7 Å². The molecule has 14 nitrogen and oxygen atoms in total. The molecule has 0 spiro atoms. The average Bonchev–Trinajstić information content (AvgIpc) is 3.60. The Morgan fingerprint density at radius 2 is 1.85 bits per heavy atom. The van der Waals surface area contributed by atoms with E-state index in [9.17, 15) is 32.8 Å². The minimum absolute atomic E-state index is 0.126. The number of thioether (sulfide) groups is 1. The van der Waals surface area contributed by atoms with E-state index in [-0.39, 0.29) is 31.7 Å². The second kappa shape index (κ2) is 15.4. The van der Waals surface area contributed by atoms with Gasteiger partial charge in [-0.25, -0.2) is 4.79 Å². The lowest BCUT2D eigenvalue weighted by Crippen LogP contribution is -2.69. The van der Waals surface area contributed by atoms with Crippen molar-refractivity contribution in [3.8, 4) is 34.8 Å². The first-order chi connectivity index (χ1) is 25.7. The van der Waals surface area contributed by atoms with Crippen molar-refractivity contribution in [1.82, 2.24) is 9.80 Å². The summed E-state index contributed by atoms with van der Waals surface area (Å²) in [6.07, 6.45) is -6.02. The van der Waals surface area contributed by atoms with E-state index >= 15 is 0 Å². The molecule has 2 bridgehead atoms. The molecule has 0 aromatic heterocycles. The van der Waals surface area contributed by atoms with E-state index in [1.807, 2.05) is 24.9 Å². The monoisotopic (exact) mass is 779 g/mol. The van der Waals surface area contributed by atoms with Gasteiger partial charge in [0.05, 0.1) is 30.5 Å². The first-order valence-corrected chi connectivity index (χ1v) is 18.0. The summed E-state index contributed by atoms with van der Waals surface area (Å²) in [4.78, 5) is 40.5. The zero-order valence-corrected chi connectivity index (χ0v) is 31.4. The summed E-state index contributed by atoms with van der Waals surface area (Å²) in [5, 5.41) is 10.2. The van der Waals surface area contributed by atoms with Crippen LogP contribution in [0.25, 0.3) is 0 Å². The van der Waals surface area contributed by atoms with Crippen LogP contribution in [0.4, 0.5) is 13.2 Å². The van der Waals surface area contributed by atoms with E-state index in [4.69, 9.17) is 37.9 Å². The molecule has 0 amide bonds. The molecule has 1 fully saturated rings. The number of piperazine rings is 1. The number of hydrogen-bond acceptors (Lipinski definition) is 15. The second-order valence-corrected chi connectivity index (χ2v) is 14.6. The van der Waals surface area contributed by atoms with Gasteiger partial charge in [-0.2, -0.15) is 18.4 Å². The Kier molecular flexibility index (Phi) is 11.2. The van der Waals surface area contributed by atoms with Crippen molar-refractivity contribution in [2.75, 3.05) is 47.2 Å². The molecule has 0 radical (unpaired) electrons. The SMILES string of the molecule is COCOc1c(OC)c(C)cc2c1[C@H]1C3[C@H](SC[C@@H](C)OC(=O)C(F)(F)F)c4c(OC(C)=O)c(C)c5c(c4[C@H](COC=O)N3[C@@H](C#N)[C@H](C2)N1C)OCO5. The summed E-state index contributed by atoms with van der Waals surface area (Å²) in [7, 11) is 4.88. The number of benzene rings is 2. The Bertz CT molecular complexity index is 1870. The van der Waals surface area contributed by atoms with Gasteiger partial charge in [-0.1, -0.05) is 6.07 Å². The van der Waals surface area contributed by atoms with Gasteiger partial charge in [0, 0.05) is 54.1 Å². The van der Waals surface area contributed by atoms with Gasteiger partial charge in [0.2, 0.25) is 6.79 Å². The van der Waals surface area contributed by atoms with Crippen LogP contribution in [-0.2, 0) is 35.0 Å². The zero-order valence-electron chi connectivity index (χ0n) is 30.6. The number of rotatable bonds is 12. The maximum absolute atomic E-state index is 13.3. The fourth-order valence-corrected chi connectivity index (χ4v) is 9.76. The molecule has 1 unspecified atom stereocenters. The molecule has 2 aromatic rings. The van der Waals surface area contributed by atoms with E-state index in [2.05, 4.69) is 11.0 Å². The van der Waals surface area contributed by atoms with Crippen molar-refractivity contribution < 1.29 is 65.4 Å². The number of alkyl halides is 3. The van der Waals surface area contributed by atoms with Crippen LogP contribution >= 0.6 is 11.8 Å². The summed E-state index contributed by atoms with van der Waals surface area (Å²) < 4.78 is 85.4. The van der Waals surface area contributed by atoms with Gasteiger partial charge in [-0.15, -0.1) is 11.8 Å². The van der Waals surface area contributed by atoms with Crippen molar-refractivity contribution in [3.63, 3.8) is 0 Å². The van der Waals surface area contributed by atoms with E-state index < -0.39 is 59.7 Å². The number of carbonyl (C=O) groups is 3. The fourth-order valence-electron chi connectivity index (χ4n) is 8.33. The molecule has 6 rings (SSSR count). The zero-order chi connectivity index (χ0) is 39.2. The summed E-state index contributed by atoms with van der Waals surface area (Å²) >= 11 is 1.16. The van der Waals surface area contributed by atoms with Gasteiger partial charge in [-0.3, -0.25) is 19.4 Å². The minimum atomic E-state index is -5.21. The third-order valence-electron chi connectivity index (χ3n) is 10.2. The number of halogens is 3. The predicted molar refractivity (Wildman–Crippen MR) is 183 cm³/mol. The van der Waals surface area contributed by atoms with Crippen molar-refractivity contribution in [2.24, 2.45) is 0 Å². The second-order valence-electron chi connectivity index (χ2n) is 13.4. The maximum atomic E-state index is 13.3. The first-order valence-electron chi connectivity index (χ1n) is 17.0. The molecular formula is C36H40F3N3O11S. The number of nitrogens with zero attached hydrogens (tertiary/aromatic N) is 3. The van der Waals surface area contributed by atoms with Crippen molar-refractivity contribution in [2.45, 2.75) is 81.9 Å². The molecule has 0 aliphatic carbocycles. The molecule has 4 heterocycles. The smallest absolute Gasteiger partial charge is 0.490 e. The lowest BCUT2D eigenvalue weighted by Gasteiger charge is -2.61. The molecule has 18 heteroatoms. The van der Waals surface area contributed by atoms with Crippen molar-refractivity contribution >= 4 is 30.2 Å². The normalized spacial score (nSPS) is 24.6. The van der Waals surface area contributed by atoms with Crippen molar-refractivity contribution in [3.05, 3.63) is 39.4 Å². The Morgan fingerprint density at radius 1 is 1.13 bits per heavy atom. The van der Waals surface area contributed by atoms with Crippen LogP contribution in [0, 0.1) is 25.2 Å². The molecule has 0 saturated carbocycles. The number of esters is 2. The predicted octanol–water partition coefficient (Wildman–Crippen LogP) is 4.62. The van der Waals surface area contributed by atoms with Crippen LogP contribution in [0.3, 0.4) is 0 Å².